The van der Waals surface area contributed by atoms with Gasteiger partial charge >= 0.3 is 0 Å². The van der Waals surface area contributed by atoms with E-state index in [1.54, 1.807) is 37.6 Å². The highest BCUT2D eigenvalue weighted by atomic mass is 19.3. The lowest BCUT2D eigenvalue weighted by Gasteiger charge is -2.41. The Kier molecular flexibility index (Phi) is 7.99. The molecule has 190 valence electrons. The van der Waals surface area contributed by atoms with E-state index in [2.05, 4.69) is 15.2 Å². The van der Waals surface area contributed by atoms with Crippen molar-refractivity contribution in [1.29, 1.82) is 0 Å². The number of benzene rings is 2. The fourth-order valence-electron chi connectivity index (χ4n) is 5.03. The Morgan fingerprint density at radius 1 is 1.06 bits per heavy atom. The smallest absolute Gasteiger partial charge is 0.270 e. The molecule has 4 rings (SSSR count). The second-order valence-electron chi connectivity index (χ2n) is 9.52. The number of piperidine rings is 1. The van der Waals surface area contributed by atoms with E-state index in [9.17, 15) is 13.6 Å². The van der Waals surface area contributed by atoms with Gasteiger partial charge in [-0.05, 0) is 62.2 Å². The molecular formula is C29H33F2N3O2. The first-order valence-electron chi connectivity index (χ1n) is 12.3. The van der Waals surface area contributed by atoms with E-state index in [0.29, 0.717) is 36.4 Å². The minimum absolute atomic E-state index is 0.101. The number of nitrogens with one attached hydrogen (secondary N) is 1. The normalized spacial score (nSPS) is 15.9. The third-order valence-electron chi connectivity index (χ3n) is 7.15. The molecule has 7 heteroatoms. The number of hydrogen-bond donors (Lipinski definition) is 1. The van der Waals surface area contributed by atoms with Gasteiger partial charge in [-0.25, -0.2) is 8.78 Å². The highest BCUT2D eigenvalue weighted by Gasteiger charge is 2.38. The van der Waals surface area contributed by atoms with E-state index in [1.807, 2.05) is 36.4 Å². The molecule has 0 atom stereocenters. The number of likely N-dealkylation sites (tertiary alicyclic amines) is 1. The van der Waals surface area contributed by atoms with Gasteiger partial charge in [-0.3, -0.25) is 9.78 Å². The predicted molar refractivity (Wildman–Crippen MR) is 137 cm³/mol. The van der Waals surface area contributed by atoms with Gasteiger partial charge in [0.25, 0.3) is 11.8 Å². The first-order chi connectivity index (χ1) is 17.3. The zero-order chi connectivity index (χ0) is 25.6. The molecule has 1 aliphatic heterocycles. The van der Waals surface area contributed by atoms with E-state index in [-0.39, 0.29) is 16.9 Å². The summed E-state index contributed by atoms with van der Waals surface area (Å²) in [4.78, 5) is 19.9. The van der Waals surface area contributed by atoms with Crippen molar-refractivity contribution >= 4 is 5.91 Å². The summed E-state index contributed by atoms with van der Waals surface area (Å²) in [7, 11) is 1.55. The van der Waals surface area contributed by atoms with Crippen molar-refractivity contribution in [3.63, 3.8) is 0 Å². The number of methoxy groups -OCH3 is 1. The van der Waals surface area contributed by atoms with Crippen LogP contribution in [-0.4, -0.2) is 49.1 Å². The minimum Gasteiger partial charge on any atom is -0.496 e. The number of halogens is 2. The van der Waals surface area contributed by atoms with Crippen LogP contribution in [0.3, 0.4) is 0 Å². The molecule has 1 saturated heterocycles. The molecule has 1 amide bonds. The van der Waals surface area contributed by atoms with Crippen LogP contribution in [0.4, 0.5) is 8.78 Å². The maximum Gasteiger partial charge on any atom is 0.270 e. The first kappa shape index (κ1) is 25.8. The Hall–Kier alpha value is -3.32. The van der Waals surface area contributed by atoms with Gasteiger partial charge in [0.1, 0.15) is 5.75 Å². The van der Waals surface area contributed by atoms with Crippen molar-refractivity contribution in [2.45, 2.75) is 37.5 Å². The summed E-state index contributed by atoms with van der Waals surface area (Å²) in [5, 5.41) is 3.12. The molecule has 1 N–H and O–H groups in total. The molecule has 0 aliphatic carbocycles. The van der Waals surface area contributed by atoms with Gasteiger partial charge in [0.05, 0.1) is 12.7 Å². The minimum atomic E-state index is -2.85. The number of alkyl halides is 2. The summed E-state index contributed by atoms with van der Waals surface area (Å²) in [6, 6.07) is 19.8. The van der Waals surface area contributed by atoms with Crippen LogP contribution in [0.15, 0.2) is 72.9 Å². The second kappa shape index (κ2) is 11.2. The van der Waals surface area contributed by atoms with Gasteiger partial charge in [-0.15, -0.1) is 0 Å². The maximum absolute atomic E-state index is 14.0. The summed E-state index contributed by atoms with van der Waals surface area (Å²) in [5.74, 6) is -2.50. The maximum atomic E-state index is 14.0. The van der Waals surface area contributed by atoms with Crippen LogP contribution in [0.25, 0.3) is 0 Å². The molecule has 0 bridgehead atoms. The molecule has 0 radical (unpaired) electrons. The Balaban J connectivity index is 1.43. The fraction of sp³-hybridized carbons (Fsp3) is 0.379. The number of aromatic nitrogens is 1. The number of carbonyl (C=O) groups is 1. The zero-order valence-corrected chi connectivity index (χ0v) is 20.8. The van der Waals surface area contributed by atoms with E-state index in [0.717, 1.165) is 38.5 Å². The standard InChI is InChI=1S/C29H33F2N3O2/c1-28(30,31)24-11-5-3-9-22(24)14-18-34-19-15-29(16-20-34,26-13-7-8-17-32-26)21-33-27(35)23-10-4-6-12-25(23)36-2/h3-13,17H,14-16,18-21H2,1-2H3,(H,33,35). The predicted octanol–water partition coefficient (Wildman–Crippen LogP) is 5.21. The van der Waals surface area contributed by atoms with Gasteiger partial charge in [0.2, 0.25) is 0 Å². The molecular weight excluding hydrogens is 460 g/mol. The molecule has 0 saturated carbocycles. The lowest BCUT2D eigenvalue weighted by Crippen LogP contribution is -2.49. The highest BCUT2D eigenvalue weighted by Crippen LogP contribution is 2.35. The van der Waals surface area contributed by atoms with E-state index in [1.165, 1.54) is 6.07 Å². The van der Waals surface area contributed by atoms with Crippen molar-refractivity contribution in [2.75, 3.05) is 33.3 Å². The van der Waals surface area contributed by atoms with E-state index in [4.69, 9.17) is 4.74 Å². The Morgan fingerprint density at radius 2 is 1.75 bits per heavy atom. The SMILES string of the molecule is COc1ccccc1C(=O)NCC1(c2ccccn2)CCN(CCc2ccccc2C(C)(F)F)CC1. The third-order valence-corrected chi connectivity index (χ3v) is 7.15. The van der Waals surface area contributed by atoms with E-state index >= 15 is 0 Å². The van der Waals surface area contributed by atoms with Crippen LogP contribution < -0.4 is 10.1 Å². The average molecular weight is 494 g/mol. The number of carbonyl (C=O) groups excluding carboxylic acids is 1. The number of ether oxygens (including phenoxy) is 1. The summed E-state index contributed by atoms with van der Waals surface area (Å²) >= 11 is 0. The molecule has 36 heavy (non-hydrogen) atoms. The molecule has 1 fully saturated rings. The summed E-state index contributed by atoms with van der Waals surface area (Å²) in [6.45, 7) is 3.71. The second-order valence-corrected chi connectivity index (χ2v) is 9.52. The van der Waals surface area contributed by atoms with Crippen LogP contribution in [0.5, 0.6) is 5.75 Å². The molecule has 0 unspecified atom stereocenters. The largest absolute Gasteiger partial charge is 0.496 e. The average Bonchev–Trinajstić information content (AvgIpc) is 2.91. The number of amides is 1. The zero-order valence-electron chi connectivity index (χ0n) is 20.8. The van der Waals surface area contributed by atoms with Crippen LogP contribution in [-0.2, 0) is 17.8 Å². The summed E-state index contributed by atoms with van der Waals surface area (Å²) in [5.41, 5.74) is 1.95. The van der Waals surface area contributed by atoms with Gasteiger partial charge in [-0.2, -0.15) is 0 Å². The van der Waals surface area contributed by atoms with Gasteiger partial charge in [0, 0.05) is 42.9 Å². The third kappa shape index (κ3) is 5.90. The van der Waals surface area contributed by atoms with Crippen LogP contribution in [0.1, 0.15) is 46.9 Å². The molecule has 5 nitrogen and oxygen atoms in total. The number of para-hydroxylation sites is 1. The van der Waals surface area contributed by atoms with Crippen LogP contribution in [0.2, 0.25) is 0 Å². The van der Waals surface area contributed by atoms with E-state index < -0.39 is 5.92 Å². The lowest BCUT2D eigenvalue weighted by atomic mass is 9.75. The number of nitrogens with zero attached hydrogens (tertiary/aromatic N) is 2. The summed E-state index contributed by atoms with van der Waals surface area (Å²) < 4.78 is 33.4. The Morgan fingerprint density at radius 3 is 2.44 bits per heavy atom. The lowest BCUT2D eigenvalue weighted by molar-refractivity contribution is 0.0164. The summed E-state index contributed by atoms with van der Waals surface area (Å²) in [6.07, 6.45) is 3.97. The first-order valence-corrected chi connectivity index (χ1v) is 12.3. The van der Waals surface area contributed by atoms with Crippen molar-refractivity contribution in [3.8, 4) is 5.75 Å². The molecule has 2 heterocycles. The molecule has 1 aliphatic rings. The van der Waals surface area contributed by atoms with Gasteiger partial charge in [-0.1, -0.05) is 42.5 Å². The molecule has 0 spiro atoms. The van der Waals surface area contributed by atoms with Crippen molar-refractivity contribution in [3.05, 3.63) is 95.3 Å². The molecule has 1 aromatic heterocycles. The van der Waals surface area contributed by atoms with Gasteiger partial charge < -0.3 is 15.0 Å². The van der Waals surface area contributed by atoms with Crippen molar-refractivity contribution < 1.29 is 18.3 Å². The number of hydrogen-bond acceptors (Lipinski definition) is 4. The Labute approximate surface area is 211 Å². The van der Waals surface area contributed by atoms with Crippen molar-refractivity contribution in [1.82, 2.24) is 15.2 Å². The monoisotopic (exact) mass is 493 g/mol. The van der Waals surface area contributed by atoms with Crippen LogP contribution >= 0.6 is 0 Å². The number of pyridine rings is 1. The number of rotatable bonds is 9. The molecule has 2 aromatic carbocycles. The fourth-order valence-corrected chi connectivity index (χ4v) is 5.03. The van der Waals surface area contributed by atoms with Crippen LogP contribution in [0, 0.1) is 0 Å². The highest BCUT2D eigenvalue weighted by molar-refractivity contribution is 5.96. The quantitative estimate of drug-likeness (QED) is 0.445. The topological polar surface area (TPSA) is 54.5 Å². The van der Waals surface area contributed by atoms with Crippen molar-refractivity contribution in [2.24, 2.45) is 0 Å². The van der Waals surface area contributed by atoms with Gasteiger partial charge in [0.15, 0.2) is 0 Å². The Bertz CT molecular complexity index is 1160. The molecule has 3 aromatic rings.